The Balaban J connectivity index is 0.00000261. The van der Waals surface area contributed by atoms with Gasteiger partial charge in [0.2, 0.25) is 5.91 Å². The first-order chi connectivity index (χ1) is 12.8. The zero-order valence-corrected chi connectivity index (χ0v) is 16.1. The Hall–Kier alpha value is -1.92. The van der Waals surface area contributed by atoms with Crippen LogP contribution >= 0.6 is 12.4 Å². The fourth-order valence-electron chi connectivity index (χ4n) is 3.11. The SMILES string of the molecule is Cl.NC[C@H]1CC[C@@H](C(=O)NC(COCc2ccccc2)c2ccccc2)O1. The van der Waals surface area contributed by atoms with Gasteiger partial charge in [-0.05, 0) is 24.0 Å². The molecule has 1 aliphatic heterocycles. The van der Waals surface area contributed by atoms with Crippen LogP contribution in [-0.2, 0) is 20.9 Å². The molecule has 27 heavy (non-hydrogen) atoms. The van der Waals surface area contributed by atoms with Crippen molar-refractivity contribution >= 4 is 18.3 Å². The highest BCUT2D eigenvalue weighted by Crippen LogP contribution is 2.21. The van der Waals surface area contributed by atoms with Crippen LogP contribution in [0, 0.1) is 0 Å². The Morgan fingerprint density at radius 2 is 1.78 bits per heavy atom. The quantitative estimate of drug-likeness (QED) is 0.726. The molecule has 0 saturated carbocycles. The largest absolute Gasteiger partial charge is 0.374 e. The molecular weight excluding hydrogens is 364 g/mol. The summed E-state index contributed by atoms with van der Waals surface area (Å²) >= 11 is 0. The Bertz CT molecular complexity index is 684. The van der Waals surface area contributed by atoms with E-state index in [1.54, 1.807) is 0 Å². The number of carbonyl (C=O) groups is 1. The van der Waals surface area contributed by atoms with Crippen LogP contribution in [0.5, 0.6) is 0 Å². The van der Waals surface area contributed by atoms with E-state index in [9.17, 15) is 4.79 Å². The highest BCUT2D eigenvalue weighted by molar-refractivity contribution is 5.85. The number of nitrogens with one attached hydrogen (secondary N) is 1. The molecule has 146 valence electrons. The molecule has 0 aliphatic carbocycles. The average Bonchev–Trinajstić information content (AvgIpc) is 3.18. The van der Waals surface area contributed by atoms with Gasteiger partial charge < -0.3 is 20.5 Å². The number of rotatable bonds is 8. The van der Waals surface area contributed by atoms with Gasteiger partial charge in [-0.25, -0.2) is 0 Å². The molecule has 3 atom stereocenters. The molecular formula is C21H27ClN2O3. The number of nitrogens with two attached hydrogens (primary N) is 1. The van der Waals surface area contributed by atoms with E-state index in [1.807, 2.05) is 60.7 Å². The second-order valence-electron chi connectivity index (χ2n) is 6.53. The van der Waals surface area contributed by atoms with Crippen molar-refractivity contribution in [3.63, 3.8) is 0 Å². The van der Waals surface area contributed by atoms with Gasteiger partial charge in [0.05, 0.1) is 25.4 Å². The third-order valence-electron chi connectivity index (χ3n) is 4.58. The van der Waals surface area contributed by atoms with Crippen molar-refractivity contribution in [2.75, 3.05) is 13.2 Å². The Morgan fingerprint density at radius 3 is 2.41 bits per heavy atom. The maximum absolute atomic E-state index is 12.6. The van der Waals surface area contributed by atoms with E-state index in [-0.39, 0.29) is 30.5 Å². The molecule has 1 heterocycles. The van der Waals surface area contributed by atoms with Crippen molar-refractivity contribution in [3.8, 4) is 0 Å². The Kier molecular flexibility index (Phi) is 8.75. The first-order valence-electron chi connectivity index (χ1n) is 9.09. The van der Waals surface area contributed by atoms with Crippen molar-refractivity contribution in [2.45, 2.75) is 37.7 Å². The third kappa shape index (κ3) is 6.33. The van der Waals surface area contributed by atoms with Gasteiger partial charge in [0.1, 0.15) is 6.10 Å². The van der Waals surface area contributed by atoms with Crippen molar-refractivity contribution in [3.05, 3.63) is 71.8 Å². The molecule has 3 N–H and O–H groups in total. The minimum atomic E-state index is -0.427. The lowest BCUT2D eigenvalue weighted by Crippen LogP contribution is -2.39. The second-order valence-corrected chi connectivity index (χ2v) is 6.53. The monoisotopic (exact) mass is 390 g/mol. The normalized spacial score (nSPS) is 19.9. The Morgan fingerprint density at radius 1 is 1.11 bits per heavy atom. The fourth-order valence-corrected chi connectivity index (χ4v) is 3.11. The van der Waals surface area contributed by atoms with Crippen LogP contribution in [0.2, 0.25) is 0 Å². The maximum atomic E-state index is 12.6. The number of ether oxygens (including phenoxy) is 2. The minimum absolute atomic E-state index is 0. The molecule has 1 fully saturated rings. The second kappa shape index (κ2) is 11.0. The molecule has 0 bridgehead atoms. The van der Waals surface area contributed by atoms with Crippen LogP contribution in [-0.4, -0.2) is 31.3 Å². The lowest BCUT2D eigenvalue weighted by atomic mass is 10.1. The van der Waals surface area contributed by atoms with E-state index in [1.165, 1.54) is 0 Å². The van der Waals surface area contributed by atoms with Gasteiger partial charge in [0, 0.05) is 6.54 Å². The van der Waals surface area contributed by atoms with Crippen molar-refractivity contribution in [1.82, 2.24) is 5.32 Å². The van der Waals surface area contributed by atoms with Gasteiger partial charge in [-0.3, -0.25) is 4.79 Å². The zero-order chi connectivity index (χ0) is 18.2. The van der Waals surface area contributed by atoms with Crippen molar-refractivity contribution in [1.29, 1.82) is 0 Å². The van der Waals surface area contributed by atoms with Crippen LogP contribution in [0.15, 0.2) is 60.7 Å². The molecule has 1 saturated heterocycles. The molecule has 1 unspecified atom stereocenters. The number of carbonyl (C=O) groups excluding carboxylic acids is 1. The number of halogens is 1. The standard InChI is InChI=1S/C21H26N2O3.ClH/c22-13-18-11-12-20(26-18)21(24)23-19(17-9-5-2-6-10-17)15-25-14-16-7-3-1-4-8-16;/h1-10,18-20H,11-15,22H2,(H,23,24);1H/t18-,19?,20+;/m1./s1. The van der Waals surface area contributed by atoms with Crippen molar-refractivity contribution in [2.24, 2.45) is 5.73 Å². The van der Waals surface area contributed by atoms with Crippen LogP contribution in [0.1, 0.15) is 30.0 Å². The summed E-state index contributed by atoms with van der Waals surface area (Å²) < 4.78 is 11.6. The van der Waals surface area contributed by atoms with Gasteiger partial charge in [0.25, 0.3) is 0 Å². The van der Waals surface area contributed by atoms with Crippen molar-refractivity contribution < 1.29 is 14.3 Å². The molecule has 1 amide bonds. The fraction of sp³-hybridized carbons (Fsp3) is 0.381. The lowest BCUT2D eigenvalue weighted by molar-refractivity contribution is -0.133. The van der Waals surface area contributed by atoms with Gasteiger partial charge >= 0.3 is 0 Å². The molecule has 5 nitrogen and oxygen atoms in total. The van der Waals surface area contributed by atoms with Crippen LogP contribution in [0.4, 0.5) is 0 Å². The minimum Gasteiger partial charge on any atom is -0.374 e. The maximum Gasteiger partial charge on any atom is 0.249 e. The molecule has 2 aromatic rings. The summed E-state index contributed by atoms with van der Waals surface area (Å²) in [7, 11) is 0. The van der Waals surface area contributed by atoms with E-state index in [0.29, 0.717) is 26.2 Å². The number of hydrogen-bond acceptors (Lipinski definition) is 4. The topological polar surface area (TPSA) is 73.6 Å². The van der Waals surface area contributed by atoms with Crippen LogP contribution in [0.25, 0.3) is 0 Å². The molecule has 1 aliphatic rings. The average molecular weight is 391 g/mol. The number of amides is 1. The first kappa shape index (κ1) is 21.4. The highest BCUT2D eigenvalue weighted by atomic mass is 35.5. The summed E-state index contributed by atoms with van der Waals surface area (Å²) in [6.45, 7) is 1.36. The summed E-state index contributed by atoms with van der Waals surface area (Å²) in [5.74, 6) is -0.0990. The lowest BCUT2D eigenvalue weighted by Gasteiger charge is -2.21. The van der Waals surface area contributed by atoms with E-state index >= 15 is 0 Å². The molecule has 6 heteroatoms. The Labute approximate surface area is 166 Å². The highest BCUT2D eigenvalue weighted by Gasteiger charge is 2.31. The summed E-state index contributed by atoms with van der Waals surface area (Å²) in [6.07, 6.45) is 1.09. The van der Waals surface area contributed by atoms with E-state index < -0.39 is 6.10 Å². The summed E-state index contributed by atoms with van der Waals surface area (Å²) in [6, 6.07) is 19.7. The first-order valence-corrected chi connectivity index (χ1v) is 9.09. The van der Waals surface area contributed by atoms with Crippen LogP contribution < -0.4 is 11.1 Å². The molecule has 0 radical (unpaired) electrons. The van der Waals surface area contributed by atoms with E-state index in [2.05, 4.69) is 5.32 Å². The predicted molar refractivity (Wildman–Crippen MR) is 108 cm³/mol. The van der Waals surface area contributed by atoms with Gasteiger partial charge in [0.15, 0.2) is 0 Å². The number of benzene rings is 2. The summed E-state index contributed by atoms with van der Waals surface area (Å²) in [5.41, 5.74) is 7.76. The van der Waals surface area contributed by atoms with E-state index in [0.717, 1.165) is 17.5 Å². The summed E-state index contributed by atoms with van der Waals surface area (Å²) in [5, 5.41) is 3.08. The van der Waals surface area contributed by atoms with E-state index in [4.69, 9.17) is 15.2 Å². The zero-order valence-electron chi connectivity index (χ0n) is 15.3. The number of hydrogen-bond donors (Lipinski definition) is 2. The smallest absolute Gasteiger partial charge is 0.249 e. The van der Waals surface area contributed by atoms with Gasteiger partial charge in [-0.2, -0.15) is 0 Å². The summed E-state index contributed by atoms with van der Waals surface area (Å²) in [4.78, 5) is 12.6. The predicted octanol–water partition coefficient (Wildman–Crippen LogP) is 2.99. The van der Waals surface area contributed by atoms with Gasteiger partial charge in [-0.15, -0.1) is 12.4 Å². The van der Waals surface area contributed by atoms with Gasteiger partial charge in [-0.1, -0.05) is 60.7 Å². The molecule has 0 aromatic heterocycles. The third-order valence-corrected chi connectivity index (χ3v) is 4.58. The van der Waals surface area contributed by atoms with Crippen LogP contribution in [0.3, 0.4) is 0 Å². The molecule has 0 spiro atoms. The molecule has 2 aromatic carbocycles. The molecule has 3 rings (SSSR count).